The summed E-state index contributed by atoms with van der Waals surface area (Å²) in [6.07, 6.45) is 0.985. The molecule has 0 heterocycles. The molecule has 0 N–H and O–H groups in total. The molecular weight excluding hydrogens is 300 g/mol. The van der Waals surface area contributed by atoms with Crippen LogP contribution in [-0.4, -0.2) is 26.3 Å². The second-order valence-electron chi connectivity index (χ2n) is 3.55. The first kappa shape index (κ1) is 14.8. The number of hydrogen-bond acceptors (Lipinski definition) is 4. The van der Waals surface area contributed by atoms with Crippen LogP contribution >= 0.6 is 15.9 Å². The minimum Gasteiger partial charge on any atom is -0.493 e. The van der Waals surface area contributed by atoms with Crippen molar-refractivity contribution in [3.8, 4) is 11.5 Å². The zero-order chi connectivity index (χ0) is 13.4. The summed E-state index contributed by atoms with van der Waals surface area (Å²) in [4.78, 5) is 11.1. The van der Waals surface area contributed by atoms with Gasteiger partial charge in [0.15, 0.2) is 11.5 Å². The van der Waals surface area contributed by atoms with Crippen LogP contribution in [0.1, 0.15) is 19.8 Å². The highest BCUT2D eigenvalue weighted by Gasteiger charge is 2.06. The van der Waals surface area contributed by atoms with E-state index < -0.39 is 0 Å². The maximum atomic E-state index is 11.1. The highest BCUT2D eigenvalue weighted by molar-refractivity contribution is 9.10. The Morgan fingerprint density at radius 2 is 2.11 bits per heavy atom. The molecule has 0 aliphatic rings. The van der Waals surface area contributed by atoms with Gasteiger partial charge in [-0.25, -0.2) is 0 Å². The van der Waals surface area contributed by atoms with E-state index in [2.05, 4.69) is 15.9 Å². The van der Waals surface area contributed by atoms with Gasteiger partial charge in [0, 0.05) is 10.9 Å². The minimum atomic E-state index is -0.192. The van der Waals surface area contributed by atoms with E-state index >= 15 is 0 Å². The number of ether oxygens (including phenoxy) is 3. The first-order valence-corrected chi connectivity index (χ1v) is 6.58. The van der Waals surface area contributed by atoms with E-state index in [-0.39, 0.29) is 5.97 Å². The van der Waals surface area contributed by atoms with Gasteiger partial charge in [0.05, 0.1) is 20.3 Å². The number of halogens is 1. The smallest absolute Gasteiger partial charge is 0.305 e. The molecule has 0 radical (unpaired) electrons. The molecule has 0 aliphatic carbocycles. The number of hydrogen-bond donors (Lipinski definition) is 0. The summed E-state index contributed by atoms with van der Waals surface area (Å²) in [6, 6.07) is 5.54. The lowest BCUT2D eigenvalue weighted by Crippen LogP contribution is -2.07. The Bertz CT molecular complexity index is 393. The minimum absolute atomic E-state index is 0.192. The van der Waals surface area contributed by atoms with Crippen LogP contribution in [0, 0.1) is 0 Å². The molecule has 0 atom stereocenters. The van der Waals surface area contributed by atoms with Crippen molar-refractivity contribution in [2.75, 3.05) is 20.3 Å². The quantitative estimate of drug-likeness (QED) is 0.572. The summed E-state index contributed by atoms with van der Waals surface area (Å²) in [6.45, 7) is 2.66. The fraction of sp³-hybridized carbons (Fsp3) is 0.462. The van der Waals surface area contributed by atoms with Gasteiger partial charge in [-0.3, -0.25) is 4.79 Å². The van der Waals surface area contributed by atoms with E-state index in [9.17, 15) is 4.79 Å². The Labute approximate surface area is 115 Å². The summed E-state index contributed by atoms with van der Waals surface area (Å²) in [5.74, 6) is 1.15. The van der Waals surface area contributed by atoms with Crippen LogP contribution in [-0.2, 0) is 9.53 Å². The molecule has 100 valence electrons. The van der Waals surface area contributed by atoms with Crippen molar-refractivity contribution in [3.05, 3.63) is 22.7 Å². The molecule has 0 bridgehead atoms. The summed E-state index contributed by atoms with van der Waals surface area (Å²) in [5.41, 5.74) is 0. The lowest BCUT2D eigenvalue weighted by molar-refractivity contribution is -0.143. The molecule has 0 saturated heterocycles. The fourth-order valence-corrected chi connectivity index (χ4v) is 1.74. The molecule has 18 heavy (non-hydrogen) atoms. The number of methoxy groups -OCH3 is 1. The number of esters is 1. The third-order valence-corrected chi connectivity index (χ3v) is 2.71. The zero-order valence-corrected chi connectivity index (χ0v) is 12.2. The lowest BCUT2D eigenvalue weighted by Gasteiger charge is -2.10. The Morgan fingerprint density at radius 1 is 1.33 bits per heavy atom. The average molecular weight is 317 g/mol. The average Bonchev–Trinajstić information content (AvgIpc) is 2.35. The SMILES string of the molecule is CCOC(=O)CCCOc1cc(Br)ccc1OC. The molecule has 0 aromatic heterocycles. The molecule has 1 aromatic rings. The van der Waals surface area contributed by atoms with Crippen LogP contribution in [0.4, 0.5) is 0 Å². The first-order chi connectivity index (χ1) is 8.67. The maximum Gasteiger partial charge on any atom is 0.305 e. The van der Waals surface area contributed by atoms with Crippen molar-refractivity contribution in [2.24, 2.45) is 0 Å². The van der Waals surface area contributed by atoms with E-state index in [1.807, 2.05) is 18.2 Å². The summed E-state index contributed by atoms with van der Waals surface area (Å²) >= 11 is 3.37. The monoisotopic (exact) mass is 316 g/mol. The van der Waals surface area contributed by atoms with Gasteiger partial charge in [-0.15, -0.1) is 0 Å². The number of rotatable bonds is 7. The van der Waals surface area contributed by atoms with Gasteiger partial charge >= 0.3 is 5.97 Å². The van der Waals surface area contributed by atoms with Crippen molar-refractivity contribution in [2.45, 2.75) is 19.8 Å². The maximum absolute atomic E-state index is 11.1. The third-order valence-electron chi connectivity index (χ3n) is 2.21. The van der Waals surface area contributed by atoms with Gasteiger partial charge in [-0.1, -0.05) is 15.9 Å². The molecule has 0 spiro atoms. The van der Waals surface area contributed by atoms with Crippen LogP contribution in [0.15, 0.2) is 22.7 Å². The Morgan fingerprint density at radius 3 is 2.78 bits per heavy atom. The molecule has 0 saturated carbocycles. The van der Waals surface area contributed by atoms with Gasteiger partial charge in [-0.2, -0.15) is 0 Å². The number of benzene rings is 1. The number of carbonyl (C=O) groups is 1. The third kappa shape index (κ3) is 4.96. The van der Waals surface area contributed by atoms with Crippen LogP contribution in [0.25, 0.3) is 0 Å². The molecule has 4 nitrogen and oxygen atoms in total. The molecule has 0 unspecified atom stereocenters. The van der Waals surface area contributed by atoms with E-state index in [1.165, 1.54) is 0 Å². The van der Waals surface area contributed by atoms with Gasteiger partial charge < -0.3 is 14.2 Å². The summed E-state index contributed by atoms with van der Waals surface area (Å²) < 4.78 is 16.5. The van der Waals surface area contributed by atoms with Crippen LogP contribution < -0.4 is 9.47 Å². The molecule has 0 amide bonds. The van der Waals surface area contributed by atoms with Crippen molar-refractivity contribution in [3.63, 3.8) is 0 Å². The van der Waals surface area contributed by atoms with Crippen molar-refractivity contribution in [1.29, 1.82) is 0 Å². The summed E-state index contributed by atoms with van der Waals surface area (Å²) in [7, 11) is 1.59. The second kappa shape index (κ2) is 7.97. The Balaban J connectivity index is 2.39. The normalized spacial score (nSPS) is 9.94. The van der Waals surface area contributed by atoms with Crippen molar-refractivity contribution >= 4 is 21.9 Å². The molecule has 1 aromatic carbocycles. The Hall–Kier alpha value is -1.23. The van der Waals surface area contributed by atoms with Gasteiger partial charge in [0.2, 0.25) is 0 Å². The fourth-order valence-electron chi connectivity index (χ4n) is 1.40. The van der Waals surface area contributed by atoms with Crippen LogP contribution in [0.2, 0.25) is 0 Å². The highest BCUT2D eigenvalue weighted by atomic mass is 79.9. The molecule has 5 heteroatoms. The van der Waals surface area contributed by atoms with E-state index in [0.717, 1.165) is 4.47 Å². The topological polar surface area (TPSA) is 44.8 Å². The number of carbonyl (C=O) groups excluding carboxylic acids is 1. The highest BCUT2D eigenvalue weighted by Crippen LogP contribution is 2.30. The second-order valence-corrected chi connectivity index (χ2v) is 4.47. The van der Waals surface area contributed by atoms with Crippen molar-refractivity contribution in [1.82, 2.24) is 0 Å². The van der Waals surface area contributed by atoms with E-state index in [1.54, 1.807) is 14.0 Å². The summed E-state index contributed by atoms with van der Waals surface area (Å²) in [5, 5.41) is 0. The predicted octanol–water partition coefficient (Wildman–Crippen LogP) is 3.18. The zero-order valence-electron chi connectivity index (χ0n) is 10.6. The molecule has 0 aliphatic heterocycles. The lowest BCUT2D eigenvalue weighted by atomic mass is 10.3. The molecular formula is C13H17BrO4. The van der Waals surface area contributed by atoms with Gasteiger partial charge in [-0.05, 0) is 31.5 Å². The van der Waals surface area contributed by atoms with Crippen molar-refractivity contribution < 1.29 is 19.0 Å². The standard InChI is InChI=1S/C13H17BrO4/c1-3-17-13(15)5-4-8-18-12-9-10(14)6-7-11(12)16-2/h6-7,9H,3-5,8H2,1-2H3. The van der Waals surface area contributed by atoms with E-state index in [4.69, 9.17) is 14.2 Å². The van der Waals surface area contributed by atoms with Crippen LogP contribution in [0.3, 0.4) is 0 Å². The van der Waals surface area contributed by atoms with Crippen LogP contribution in [0.5, 0.6) is 11.5 Å². The van der Waals surface area contributed by atoms with E-state index in [0.29, 0.717) is 37.6 Å². The largest absolute Gasteiger partial charge is 0.493 e. The Kier molecular flexibility index (Phi) is 6.57. The van der Waals surface area contributed by atoms with Gasteiger partial charge in [0.1, 0.15) is 0 Å². The first-order valence-electron chi connectivity index (χ1n) is 5.79. The van der Waals surface area contributed by atoms with Gasteiger partial charge in [0.25, 0.3) is 0 Å². The molecule has 1 rings (SSSR count). The predicted molar refractivity (Wildman–Crippen MR) is 72.1 cm³/mol. The molecule has 0 fully saturated rings.